The number of alkyl halides is 6. The molecule has 0 saturated heterocycles. The third kappa shape index (κ3) is 17.2. The minimum atomic E-state index is -5.31. The first-order valence-electron chi connectivity index (χ1n) is 30.2. The number of ether oxygens (including phenoxy) is 5. The Kier molecular flexibility index (Phi) is 21.6. The fraction of sp³-hybridized carbons (Fsp3) is 0.139. The summed E-state index contributed by atoms with van der Waals surface area (Å²) in [4.78, 5) is 125. The first-order valence-corrected chi connectivity index (χ1v) is 30.2. The van der Waals surface area contributed by atoms with E-state index in [0.717, 1.165) is 30.3 Å². The van der Waals surface area contributed by atoms with Gasteiger partial charge < -0.3 is 59.1 Å². The SMILES string of the molecule is Cc1c(NC(=O)c2cccc(OCC(=O)NCC(=O)NCCOc3cccc(C(=O)Nc4c(C)c(C(=O)c5ccc(NC(=O)C(F)(F)F)c(C(=O)OCc6ccccc6)c5)n5ccccc45)c3)c2)c2ccccn2c1C(=O)c1ccc(N=COC(F)(F)F)c(C(=O)OCc2ccccc2)c1. The van der Waals surface area contributed by atoms with E-state index in [1.54, 1.807) is 141 Å². The second kappa shape index (κ2) is 30.9. The van der Waals surface area contributed by atoms with Gasteiger partial charge in [0.1, 0.15) is 31.3 Å². The normalized spacial score (nSPS) is 11.4. The van der Waals surface area contributed by atoms with Gasteiger partial charge in [-0.3, -0.25) is 33.6 Å². The summed E-state index contributed by atoms with van der Waals surface area (Å²) in [5.41, 5.74) is 1.38. The fourth-order valence-electron chi connectivity index (χ4n) is 10.3. The van der Waals surface area contributed by atoms with Gasteiger partial charge in [-0.1, -0.05) is 84.9 Å². The Labute approximate surface area is 563 Å². The van der Waals surface area contributed by atoms with E-state index in [1.165, 1.54) is 51.3 Å². The topological polar surface area (TPSA) is 281 Å². The Morgan fingerprint density at radius 1 is 0.500 bits per heavy atom. The average Bonchev–Trinajstić information content (AvgIpc) is 1.61. The number of nitrogens with zero attached hydrogens (tertiary/aromatic N) is 3. The molecule has 4 aromatic heterocycles. The molecule has 4 heterocycles. The second-order valence-electron chi connectivity index (χ2n) is 21.9. The van der Waals surface area contributed by atoms with Crippen molar-refractivity contribution in [3.05, 3.63) is 261 Å². The maximum atomic E-state index is 14.4. The van der Waals surface area contributed by atoms with Crippen LogP contribution in [-0.4, -0.2) is 107 Å². The number of hydrogen-bond acceptors (Lipinski definition) is 15. The number of hydrogen-bond donors (Lipinski definition) is 5. The maximum Gasteiger partial charge on any atom is 0.573 e. The molecule has 28 heteroatoms. The molecule has 0 aliphatic carbocycles. The zero-order valence-electron chi connectivity index (χ0n) is 52.6. The molecule has 510 valence electrons. The predicted octanol–water partition coefficient (Wildman–Crippen LogP) is 11.9. The Hall–Kier alpha value is -12.9. The lowest BCUT2D eigenvalue weighted by Crippen LogP contribution is -2.40. The molecule has 0 saturated carbocycles. The second-order valence-corrected chi connectivity index (χ2v) is 21.9. The standard InChI is InChI=1S/C72H56F6N8O14/c1-42-61(57-24-9-11-30-85(57)62(42)64(89)46-25-27-54(81-41-100-72(76,77)78)52(35-46)68(93)98-38-44-15-5-3-6-16-44)84-67(92)49-20-14-22-51(34-49)97-40-59(88)80-37-58(87)79-29-32-96-50-21-13-19-48(33-50)66(91)83-60-43(2)63(86-31-12-10-23-56(60)86)65(90)47-26-28-55(82-70(95)71(73,74)75)53(36-47)69(94)99-39-45-17-7-4-8-18-45/h3-28,30-31,33-36,41H,29,32,37-40H2,1-2H3,(H,79,87)(H,80,88)(H,82,95)(H,83,91)(H,84,92). The Balaban J connectivity index is 0.711. The van der Waals surface area contributed by atoms with Gasteiger partial charge in [-0.2, -0.15) is 13.2 Å². The predicted molar refractivity (Wildman–Crippen MR) is 351 cm³/mol. The first-order chi connectivity index (χ1) is 47.9. The highest BCUT2D eigenvalue weighted by atomic mass is 19.4. The number of nitrogens with one attached hydrogen (secondary N) is 5. The van der Waals surface area contributed by atoms with Crippen LogP contribution in [0.3, 0.4) is 0 Å². The van der Waals surface area contributed by atoms with Crippen LogP contribution < -0.4 is 36.1 Å². The van der Waals surface area contributed by atoms with E-state index < -0.39 is 90.0 Å². The van der Waals surface area contributed by atoms with Crippen molar-refractivity contribution in [3.63, 3.8) is 0 Å². The molecule has 0 fully saturated rings. The van der Waals surface area contributed by atoms with Gasteiger partial charge in [0.05, 0.1) is 69.4 Å². The molecule has 0 aliphatic heterocycles. The van der Waals surface area contributed by atoms with Crippen molar-refractivity contribution in [3.8, 4) is 11.5 Å². The number of anilines is 3. The Morgan fingerprint density at radius 3 is 1.53 bits per heavy atom. The van der Waals surface area contributed by atoms with E-state index in [0.29, 0.717) is 27.7 Å². The van der Waals surface area contributed by atoms with Gasteiger partial charge in [0.25, 0.3) is 17.7 Å². The third-order valence-corrected chi connectivity index (χ3v) is 15.1. The molecule has 5 N–H and O–H groups in total. The zero-order chi connectivity index (χ0) is 71.3. The minimum Gasteiger partial charge on any atom is -0.492 e. The van der Waals surface area contributed by atoms with E-state index in [-0.39, 0.29) is 106 Å². The summed E-state index contributed by atoms with van der Waals surface area (Å²) in [6, 6.07) is 45.5. The lowest BCUT2D eigenvalue weighted by Gasteiger charge is -2.14. The van der Waals surface area contributed by atoms with Gasteiger partial charge in [0.15, 0.2) is 13.0 Å². The summed E-state index contributed by atoms with van der Waals surface area (Å²) in [7, 11) is 0. The number of benzene rings is 6. The number of fused-ring (bicyclic) bond motifs is 2. The van der Waals surface area contributed by atoms with E-state index in [2.05, 4.69) is 31.0 Å². The van der Waals surface area contributed by atoms with Crippen LogP contribution in [0.5, 0.6) is 11.5 Å². The first kappa shape index (κ1) is 69.9. The lowest BCUT2D eigenvalue weighted by atomic mass is 10.0. The van der Waals surface area contributed by atoms with Gasteiger partial charge in [-0.15, -0.1) is 13.2 Å². The van der Waals surface area contributed by atoms with E-state index in [1.807, 2.05) is 0 Å². The molecule has 10 aromatic rings. The average molecular weight is 1370 g/mol. The number of carbonyl (C=O) groups is 9. The van der Waals surface area contributed by atoms with Crippen molar-refractivity contribution in [2.45, 2.75) is 39.6 Å². The molecule has 22 nitrogen and oxygen atoms in total. The molecule has 0 bridgehead atoms. The lowest BCUT2D eigenvalue weighted by molar-refractivity contribution is -0.280. The van der Waals surface area contributed by atoms with Gasteiger partial charge >= 0.3 is 30.4 Å². The number of amides is 5. The monoisotopic (exact) mass is 1370 g/mol. The molecular formula is C72H56F6N8O14. The van der Waals surface area contributed by atoms with Crippen molar-refractivity contribution >= 4 is 93.2 Å². The molecule has 0 unspecified atom stereocenters. The zero-order valence-corrected chi connectivity index (χ0v) is 52.6. The number of ketones is 2. The maximum absolute atomic E-state index is 14.4. The molecule has 6 aromatic carbocycles. The highest BCUT2D eigenvalue weighted by molar-refractivity contribution is 6.17. The highest BCUT2D eigenvalue weighted by Gasteiger charge is 2.40. The van der Waals surface area contributed by atoms with Crippen LogP contribution in [0.4, 0.5) is 49.1 Å². The summed E-state index contributed by atoms with van der Waals surface area (Å²) in [6.45, 7) is 1.55. The van der Waals surface area contributed by atoms with E-state index >= 15 is 0 Å². The van der Waals surface area contributed by atoms with Gasteiger partial charge in [-0.05, 0) is 122 Å². The molecule has 10 rings (SSSR count). The summed E-state index contributed by atoms with van der Waals surface area (Å²) in [5, 5.41) is 12.4. The Bertz CT molecular complexity index is 4840. The fourth-order valence-corrected chi connectivity index (χ4v) is 10.3. The van der Waals surface area contributed by atoms with Crippen molar-refractivity contribution in [2.24, 2.45) is 4.99 Å². The Morgan fingerprint density at radius 2 is 1.00 bits per heavy atom. The number of carbonyl (C=O) groups excluding carboxylic acids is 9. The molecule has 0 atom stereocenters. The summed E-state index contributed by atoms with van der Waals surface area (Å²) >= 11 is 0. The van der Waals surface area contributed by atoms with Crippen LogP contribution in [-0.2, 0) is 41.8 Å². The number of aliphatic imine (C=N–C) groups is 1. The van der Waals surface area contributed by atoms with E-state index in [9.17, 15) is 69.5 Å². The largest absolute Gasteiger partial charge is 0.573 e. The van der Waals surface area contributed by atoms with Crippen molar-refractivity contribution in [2.75, 3.05) is 42.3 Å². The molecule has 100 heavy (non-hydrogen) atoms. The smallest absolute Gasteiger partial charge is 0.492 e. The van der Waals surface area contributed by atoms with Crippen LogP contribution in [0, 0.1) is 13.8 Å². The summed E-state index contributed by atoms with van der Waals surface area (Å²) in [5.74, 6) is -8.00. The number of halogens is 6. The van der Waals surface area contributed by atoms with E-state index in [4.69, 9.17) is 18.9 Å². The van der Waals surface area contributed by atoms with Crippen molar-refractivity contribution in [1.82, 2.24) is 19.4 Å². The number of pyridine rings is 2. The number of rotatable bonds is 26. The van der Waals surface area contributed by atoms with Gasteiger partial charge in [-0.25, -0.2) is 14.6 Å². The third-order valence-electron chi connectivity index (χ3n) is 15.1. The molecule has 0 radical (unpaired) electrons. The van der Waals surface area contributed by atoms with Crippen molar-refractivity contribution < 1.29 is 93.2 Å². The van der Waals surface area contributed by atoms with Gasteiger partial charge in [0, 0.05) is 45.8 Å². The van der Waals surface area contributed by atoms with Crippen molar-refractivity contribution in [1.29, 1.82) is 0 Å². The van der Waals surface area contributed by atoms with Crippen LogP contribution in [0.15, 0.2) is 199 Å². The van der Waals surface area contributed by atoms with Gasteiger partial charge in [0.2, 0.25) is 17.5 Å². The van der Waals surface area contributed by atoms with Crippen LogP contribution in [0.2, 0.25) is 0 Å². The summed E-state index contributed by atoms with van der Waals surface area (Å²) in [6.07, 6.45) is -7.13. The number of esters is 2. The number of aromatic nitrogens is 2. The highest BCUT2D eigenvalue weighted by Crippen LogP contribution is 2.35. The summed E-state index contributed by atoms with van der Waals surface area (Å²) < 4.78 is 107. The minimum absolute atomic E-state index is 0.0275. The molecule has 0 aliphatic rings. The molecule has 0 spiro atoms. The van der Waals surface area contributed by atoms with Crippen LogP contribution >= 0.6 is 0 Å². The van der Waals surface area contributed by atoms with Crippen LogP contribution in [0.25, 0.3) is 11.0 Å². The molecule has 5 amide bonds. The molecular weight excluding hydrogens is 1310 g/mol. The quantitative estimate of drug-likeness (QED) is 0.00842. The van der Waals surface area contributed by atoms with Crippen LogP contribution in [0.1, 0.15) is 95.8 Å².